The molecular weight excluding hydrogens is 196 g/mol. The summed E-state index contributed by atoms with van der Waals surface area (Å²) in [5.41, 5.74) is 12.0. The number of nitrogens with two attached hydrogens (primary N) is 2. The summed E-state index contributed by atoms with van der Waals surface area (Å²) in [6, 6.07) is 2.31. The monoisotopic (exact) mass is 210 g/mol. The van der Waals surface area contributed by atoms with Crippen molar-refractivity contribution in [3.8, 4) is 0 Å². The van der Waals surface area contributed by atoms with Crippen molar-refractivity contribution in [2.24, 2.45) is 5.73 Å². The summed E-state index contributed by atoms with van der Waals surface area (Å²) in [5, 5.41) is 9.82. The van der Waals surface area contributed by atoms with Crippen molar-refractivity contribution in [1.82, 2.24) is 4.90 Å². The van der Waals surface area contributed by atoms with E-state index in [1.54, 1.807) is 0 Å². The van der Waals surface area contributed by atoms with Crippen molar-refractivity contribution in [3.05, 3.63) is 16.3 Å². The van der Waals surface area contributed by atoms with Crippen LogP contribution in [0.5, 0.6) is 0 Å². The molecule has 2 rings (SSSR count). The molecule has 1 aliphatic carbocycles. The highest BCUT2D eigenvalue weighted by Gasteiger charge is 2.30. The van der Waals surface area contributed by atoms with Gasteiger partial charge in [0.15, 0.2) is 0 Å². The van der Waals surface area contributed by atoms with Gasteiger partial charge in [-0.1, -0.05) is 0 Å². The summed E-state index contributed by atoms with van der Waals surface area (Å²) >= 11 is 1.50. The summed E-state index contributed by atoms with van der Waals surface area (Å²) in [6.45, 7) is 0.418. The Morgan fingerprint density at radius 2 is 2.36 bits per heavy atom. The molecule has 1 heterocycles. The zero-order valence-electron chi connectivity index (χ0n) is 7.86. The molecule has 0 aliphatic heterocycles. The molecule has 4 nitrogen and oxygen atoms in total. The van der Waals surface area contributed by atoms with Crippen molar-refractivity contribution < 1.29 is 0 Å². The Morgan fingerprint density at radius 3 is 2.79 bits per heavy atom. The largest absolute Gasteiger partial charge is 0.398 e. The van der Waals surface area contributed by atoms with Gasteiger partial charge in [0, 0.05) is 17.1 Å². The van der Waals surface area contributed by atoms with E-state index in [0.717, 1.165) is 23.4 Å². The third-order valence-corrected chi connectivity index (χ3v) is 3.28. The van der Waals surface area contributed by atoms with E-state index in [0.29, 0.717) is 18.5 Å². The van der Waals surface area contributed by atoms with E-state index in [2.05, 4.69) is 0 Å². The normalized spacial score (nSPS) is 15.5. The van der Waals surface area contributed by atoms with E-state index in [1.165, 1.54) is 11.3 Å². The molecule has 0 saturated heterocycles. The maximum absolute atomic E-state index is 7.97. The number of nitrogens with one attached hydrogen (secondary N) is 1. The van der Waals surface area contributed by atoms with Crippen molar-refractivity contribution >= 4 is 22.9 Å². The minimum Gasteiger partial charge on any atom is -0.398 e. The van der Waals surface area contributed by atoms with Crippen molar-refractivity contribution in [1.29, 1.82) is 5.41 Å². The number of anilines is 1. The lowest BCUT2D eigenvalue weighted by atomic mass is 10.3. The third-order valence-electron chi connectivity index (χ3n) is 2.32. The second-order valence-electron chi connectivity index (χ2n) is 3.48. The molecule has 14 heavy (non-hydrogen) atoms. The Bertz CT molecular complexity index is 342. The van der Waals surface area contributed by atoms with Crippen LogP contribution in [0.25, 0.3) is 0 Å². The molecule has 1 fully saturated rings. The van der Waals surface area contributed by atoms with E-state index in [-0.39, 0.29) is 0 Å². The van der Waals surface area contributed by atoms with Crippen LogP contribution in [0.15, 0.2) is 11.4 Å². The van der Waals surface area contributed by atoms with Crippen LogP contribution in [0.3, 0.4) is 0 Å². The number of nitrogen functional groups attached to an aromatic ring is 1. The van der Waals surface area contributed by atoms with Gasteiger partial charge in [0.05, 0.1) is 11.5 Å². The highest BCUT2D eigenvalue weighted by Crippen LogP contribution is 2.28. The predicted molar refractivity (Wildman–Crippen MR) is 59.5 cm³/mol. The van der Waals surface area contributed by atoms with E-state index < -0.39 is 0 Å². The molecule has 5 N–H and O–H groups in total. The zero-order valence-corrected chi connectivity index (χ0v) is 8.68. The molecule has 0 unspecified atom stereocenters. The standard InChI is InChI=1S/C9H14N4S/c10-5-13(7-1-2-7)9(12)8-3-6(11)4-14-8/h3-4,7,12H,1-2,5,10-11H2. The first-order valence-corrected chi connectivity index (χ1v) is 5.50. The third kappa shape index (κ3) is 1.73. The summed E-state index contributed by atoms with van der Waals surface area (Å²) in [4.78, 5) is 2.84. The summed E-state index contributed by atoms with van der Waals surface area (Å²) in [7, 11) is 0. The fraction of sp³-hybridized carbons (Fsp3) is 0.444. The number of hydrogen-bond acceptors (Lipinski definition) is 4. The van der Waals surface area contributed by atoms with E-state index in [9.17, 15) is 0 Å². The zero-order chi connectivity index (χ0) is 10.1. The smallest absolute Gasteiger partial charge is 0.139 e. The highest BCUT2D eigenvalue weighted by molar-refractivity contribution is 7.12. The molecule has 0 atom stereocenters. The number of nitrogens with zero attached hydrogens (tertiary/aromatic N) is 1. The molecule has 0 radical (unpaired) electrons. The fourth-order valence-corrected chi connectivity index (χ4v) is 2.19. The number of amidine groups is 1. The van der Waals surface area contributed by atoms with Crippen molar-refractivity contribution in [2.45, 2.75) is 18.9 Å². The Balaban J connectivity index is 2.13. The van der Waals surface area contributed by atoms with Crippen LogP contribution in [0.1, 0.15) is 17.7 Å². The van der Waals surface area contributed by atoms with Gasteiger partial charge in [-0.25, -0.2) is 0 Å². The molecule has 1 aliphatic rings. The minimum atomic E-state index is 0.418. The van der Waals surface area contributed by atoms with Crippen LogP contribution < -0.4 is 11.5 Å². The first-order valence-electron chi connectivity index (χ1n) is 4.62. The minimum absolute atomic E-state index is 0.418. The first kappa shape index (κ1) is 9.48. The molecule has 0 aromatic carbocycles. The molecular formula is C9H14N4S. The Morgan fingerprint density at radius 1 is 1.64 bits per heavy atom. The van der Waals surface area contributed by atoms with Gasteiger partial charge in [-0.05, 0) is 18.9 Å². The maximum Gasteiger partial charge on any atom is 0.139 e. The average molecular weight is 210 g/mol. The van der Waals surface area contributed by atoms with Gasteiger partial charge in [0.1, 0.15) is 5.84 Å². The highest BCUT2D eigenvalue weighted by atomic mass is 32.1. The lowest BCUT2D eigenvalue weighted by Crippen LogP contribution is -2.37. The van der Waals surface area contributed by atoms with Gasteiger partial charge >= 0.3 is 0 Å². The van der Waals surface area contributed by atoms with Crippen LogP contribution in [-0.4, -0.2) is 23.4 Å². The van der Waals surface area contributed by atoms with E-state index in [4.69, 9.17) is 16.9 Å². The fourth-order valence-electron chi connectivity index (χ4n) is 1.43. The van der Waals surface area contributed by atoms with Gasteiger partial charge in [0.2, 0.25) is 0 Å². The van der Waals surface area contributed by atoms with E-state index >= 15 is 0 Å². The van der Waals surface area contributed by atoms with Crippen molar-refractivity contribution in [2.75, 3.05) is 12.4 Å². The van der Waals surface area contributed by atoms with Gasteiger partial charge in [-0.3, -0.25) is 5.41 Å². The predicted octanol–water partition coefficient (Wildman–Crippen LogP) is 1.04. The molecule has 0 bridgehead atoms. The summed E-state index contributed by atoms with van der Waals surface area (Å²) in [5.74, 6) is 0.511. The quantitative estimate of drug-likeness (QED) is 0.396. The maximum atomic E-state index is 7.97. The Hall–Kier alpha value is -1.07. The molecule has 0 spiro atoms. The first-order chi connectivity index (χ1) is 6.72. The van der Waals surface area contributed by atoms with Crippen LogP contribution in [-0.2, 0) is 0 Å². The molecule has 0 amide bonds. The van der Waals surface area contributed by atoms with Gasteiger partial charge in [0.25, 0.3) is 0 Å². The lowest BCUT2D eigenvalue weighted by Gasteiger charge is -2.21. The second-order valence-corrected chi connectivity index (χ2v) is 4.39. The number of hydrogen-bond donors (Lipinski definition) is 3. The van der Waals surface area contributed by atoms with Crippen LogP contribution in [0.2, 0.25) is 0 Å². The average Bonchev–Trinajstić information content (AvgIpc) is 2.90. The van der Waals surface area contributed by atoms with Crippen LogP contribution in [0.4, 0.5) is 5.69 Å². The van der Waals surface area contributed by atoms with Gasteiger partial charge in [-0.2, -0.15) is 0 Å². The second kappa shape index (κ2) is 3.59. The Labute approximate surface area is 87.0 Å². The molecule has 1 aromatic heterocycles. The van der Waals surface area contributed by atoms with Crippen molar-refractivity contribution in [3.63, 3.8) is 0 Å². The Kier molecular flexibility index (Phi) is 2.43. The lowest BCUT2D eigenvalue weighted by molar-refractivity contribution is 0.420. The van der Waals surface area contributed by atoms with E-state index in [1.807, 2.05) is 16.3 Å². The molecule has 1 aromatic rings. The summed E-state index contributed by atoms with van der Waals surface area (Å²) < 4.78 is 0. The van der Waals surface area contributed by atoms with Gasteiger partial charge < -0.3 is 16.4 Å². The summed E-state index contributed by atoms with van der Waals surface area (Å²) in [6.07, 6.45) is 2.31. The van der Waals surface area contributed by atoms with Crippen LogP contribution >= 0.6 is 11.3 Å². The molecule has 1 saturated carbocycles. The topological polar surface area (TPSA) is 79.1 Å². The number of rotatable bonds is 3. The van der Waals surface area contributed by atoms with Gasteiger partial charge in [-0.15, -0.1) is 11.3 Å². The number of thiophene rings is 1. The molecule has 5 heteroatoms. The van der Waals surface area contributed by atoms with Crippen LogP contribution in [0, 0.1) is 5.41 Å². The SMILES string of the molecule is N=C(c1cc(N)cs1)N(CN)C1CC1. The molecule has 76 valence electrons.